The van der Waals surface area contributed by atoms with E-state index in [0.29, 0.717) is 12.0 Å². The van der Waals surface area contributed by atoms with Crippen LogP contribution in [0.4, 0.5) is 13.2 Å². The third kappa shape index (κ3) is 7.37. The quantitative estimate of drug-likeness (QED) is 0.820. The van der Waals surface area contributed by atoms with Crippen LogP contribution in [-0.2, 0) is 11.3 Å². The summed E-state index contributed by atoms with van der Waals surface area (Å²) in [5, 5.41) is 11.1. The van der Waals surface area contributed by atoms with Crippen molar-refractivity contribution in [2.75, 3.05) is 6.61 Å². The first kappa shape index (κ1) is 17.1. The molecule has 0 aromatic heterocycles. The fraction of sp³-hybridized carbons (Fsp3) is 0.400. The highest BCUT2D eigenvalue weighted by Crippen LogP contribution is 2.21. The molecule has 0 spiro atoms. The van der Waals surface area contributed by atoms with Crippen LogP contribution in [0.2, 0.25) is 0 Å². The summed E-state index contributed by atoms with van der Waals surface area (Å²) in [6.45, 7) is 0.0873. The Kier molecular flexibility index (Phi) is 6.76. The molecule has 0 unspecified atom stereocenters. The van der Waals surface area contributed by atoms with E-state index in [-0.39, 0.29) is 13.2 Å². The van der Waals surface area contributed by atoms with Gasteiger partial charge < -0.3 is 10.4 Å². The summed E-state index contributed by atoms with van der Waals surface area (Å²) in [6.07, 6.45) is -5.70. The minimum Gasteiger partial charge on any atom is -0.395 e. The van der Waals surface area contributed by atoms with E-state index in [0.717, 1.165) is 5.56 Å². The highest BCUT2D eigenvalue weighted by atomic mass is 19.4. The second-order valence-corrected chi connectivity index (χ2v) is 4.32. The summed E-state index contributed by atoms with van der Waals surface area (Å²) in [7, 11) is 0. The number of alkyl halides is 3. The maximum Gasteiger partial charge on any atom is 0.389 e. The number of hydrogen-bond acceptors (Lipinski definition) is 2. The molecular weight excluding hydrogens is 283 g/mol. The molecule has 114 valence electrons. The van der Waals surface area contributed by atoms with Crippen molar-refractivity contribution < 1.29 is 23.1 Å². The lowest BCUT2D eigenvalue weighted by Gasteiger charge is -2.08. The zero-order valence-corrected chi connectivity index (χ0v) is 11.3. The summed E-state index contributed by atoms with van der Waals surface area (Å²) in [4.78, 5) is 11.4. The molecule has 0 aliphatic heterocycles. The molecule has 0 fully saturated rings. The maximum atomic E-state index is 12.0. The first-order valence-electron chi connectivity index (χ1n) is 6.43. The van der Waals surface area contributed by atoms with Crippen molar-refractivity contribution in [1.29, 1.82) is 0 Å². The molecule has 3 nitrogen and oxygen atoms in total. The van der Waals surface area contributed by atoms with Crippen LogP contribution in [0.3, 0.4) is 0 Å². The zero-order chi connectivity index (χ0) is 15.7. The van der Waals surface area contributed by atoms with E-state index in [2.05, 4.69) is 17.2 Å². The predicted molar refractivity (Wildman–Crippen MR) is 72.2 cm³/mol. The van der Waals surface area contributed by atoms with Crippen molar-refractivity contribution in [3.8, 4) is 11.8 Å². The molecule has 1 aromatic carbocycles. The lowest BCUT2D eigenvalue weighted by atomic mass is 10.1. The Balaban J connectivity index is 2.56. The standard InChI is InChI=1S/C15H16F3NO2/c16-15(17,18)9-8-14(21)19-11-13-7-2-1-5-12(13)6-3-4-10-20/h1-2,5,7,20H,4,8-11H2,(H,19,21). The average Bonchev–Trinajstić information content (AvgIpc) is 2.43. The minimum absolute atomic E-state index is 0.0383. The number of aliphatic hydroxyl groups is 1. The predicted octanol–water partition coefficient (Wildman–Crippen LogP) is 2.38. The summed E-state index contributed by atoms with van der Waals surface area (Å²) >= 11 is 0. The number of carbonyl (C=O) groups is 1. The van der Waals surface area contributed by atoms with Gasteiger partial charge in [0.05, 0.1) is 13.0 Å². The van der Waals surface area contributed by atoms with Gasteiger partial charge in [0.15, 0.2) is 0 Å². The van der Waals surface area contributed by atoms with Crippen LogP contribution in [0.15, 0.2) is 24.3 Å². The zero-order valence-electron chi connectivity index (χ0n) is 11.3. The van der Waals surface area contributed by atoms with Gasteiger partial charge in [-0.3, -0.25) is 4.79 Å². The molecule has 1 aromatic rings. The molecule has 0 radical (unpaired) electrons. The summed E-state index contributed by atoms with van der Waals surface area (Å²) in [5.74, 6) is 4.97. The Morgan fingerprint density at radius 2 is 2.00 bits per heavy atom. The van der Waals surface area contributed by atoms with Crippen LogP contribution < -0.4 is 5.32 Å². The Morgan fingerprint density at radius 3 is 2.67 bits per heavy atom. The largest absolute Gasteiger partial charge is 0.395 e. The molecule has 0 aliphatic carbocycles. The lowest BCUT2D eigenvalue weighted by Crippen LogP contribution is -2.24. The van der Waals surface area contributed by atoms with Gasteiger partial charge in [-0.15, -0.1) is 0 Å². The number of amides is 1. The van der Waals surface area contributed by atoms with Crippen molar-refractivity contribution in [3.63, 3.8) is 0 Å². The van der Waals surface area contributed by atoms with Gasteiger partial charge >= 0.3 is 6.18 Å². The van der Waals surface area contributed by atoms with Gasteiger partial charge in [-0.05, 0) is 11.6 Å². The van der Waals surface area contributed by atoms with Crippen LogP contribution in [0.1, 0.15) is 30.4 Å². The fourth-order valence-electron chi connectivity index (χ4n) is 1.55. The first-order chi connectivity index (χ1) is 9.92. The number of benzene rings is 1. The smallest absolute Gasteiger partial charge is 0.389 e. The van der Waals surface area contributed by atoms with Crippen molar-refractivity contribution in [2.45, 2.75) is 32.0 Å². The monoisotopic (exact) mass is 299 g/mol. The SMILES string of the molecule is O=C(CCC(F)(F)F)NCc1ccccc1C#CCCO. The topological polar surface area (TPSA) is 49.3 Å². The molecule has 0 saturated heterocycles. The Morgan fingerprint density at radius 1 is 1.29 bits per heavy atom. The lowest BCUT2D eigenvalue weighted by molar-refractivity contribution is -0.144. The van der Waals surface area contributed by atoms with E-state index in [4.69, 9.17) is 5.11 Å². The number of aliphatic hydroxyl groups excluding tert-OH is 1. The van der Waals surface area contributed by atoms with Gasteiger partial charge in [0.2, 0.25) is 5.91 Å². The Labute approximate surface area is 121 Å². The van der Waals surface area contributed by atoms with Gasteiger partial charge in [0.1, 0.15) is 0 Å². The second-order valence-electron chi connectivity index (χ2n) is 4.32. The summed E-state index contributed by atoms with van der Waals surface area (Å²) in [5.41, 5.74) is 1.41. The molecule has 1 amide bonds. The van der Waals surface area contributed by atoms with Gasteiger partial charge in [0.25, 0.3) is 0 Å². The Bertz CT molecular complexity index is 530. The molecule has 2 N–H and O–H groups in total. The van der Waals surface area contributed by atoms with Crippen molar-refractivity contribution in [1.82, 2.24) is 5.32 Å². The first-order valence-corrected chi connectivity index (χ1v) is 6.43. The number of hydrogen-bond donors (Lipinski definition) is 2. The number of rotatable bonds is 5. The number of halogens is 3. The molecule has 21 heavy (non-hydrogen) atoms. The summed E-state index contributed by atoms with van der Waals surface area (Å²) in [6, 6.07) is 7.03. The van der Waals surface area contributed by atoms with Crippen LogP contribution in [-0.4, -0.2) is 23.8 Å². The highest BCUT2D eigenvalue weighted by molar-refractivity contribution is 5.76. The van der Waals surface area contributed by atoms with Crippen LogP contribution >= 0.6 is 0 Å². The van der Waals surface area contributed by atoms with E-state index in [9.17, 15) is 18.0 Å². The summed E-state index contributed by atoms with van der Waals surface area (Å²) < 4.78 is 36.0. The number of nitrogens with one attached hydrogen (secondary N) is 1. The van der Waals surface area contributed by atoms with Gasteiger partial charge in [0, 0.05) is 24.9 Å². The normalized spacial score (nSPS) is 10.7. The molecule has 1 rings (SSSR count). The molecule has 0 saturated carbocycles. The molecule has 0 aliphatic rings. The van der Waals surface area contributed by atoms with E-state index < -0.39 is 24.9 Å². The Hall–Kier alpha value is -2.00. The number of carbonyl (C=O) groups excluding carboxylic acids is 1. The van der Waals surface area contributed by atoms with E-state index in [1.165, 1.54) is 0 Å². The van der Waals surface area contributed by atoms with Crippen molar-refractivity contribution in [3.05, 3.63) is 35.4 Å². The molecule has 6 heteroatoms. The van der Waals surface area contributed by atoms with Crippen LogP contribution in [0.5, 0.6) is 0 Å². The van der Waals surface area contributed by atoms with Gasteiger partial charge in [-0.2, -0.15) is 13.2 Å². The maximum absolute atomic E-state index is 12.0. The molecule has 0 heterocycles. The van der Waals surface area contributed by atoms with Crippen molar-refractivity contribution in [2.24, 2.45) is 0 Å². The second kappa shape index (κ2) is 8.32. The van der Waals surface area contributed by atoms with E-state index in [1.54, 1.807) is 24.3 Å². The molecule has 0 atom stereocenters. The van der Waals surface area contributed by atoms with Crippen LogP contribution in [0, 0.1) is 11.8 Å². The van der Waals surface area contributed by atoms with E-state index in [1.807, 2.05) is 0 Å². The van der Waals surface area contributed by atoms with E-state index >= 15 is 0 Å². The minimum atomic E-state index is -4.33. The fourth-order valence-corrected chi connectivity index (χ4v) is 1.55. The van der Waals surface area contributed by atoms with Gasteiger partial charge in [-0.1, -0.05) is 30.0 Å². The molecule has 0 bridgehead atoms. The third-order valence-electron chi connectivity index (χ3n) is 2.59. The van der Waals surface area contributed by atoms with Gasteiger partial charge in [-0.25, -0.2) is 0 Å². The molecular formula is C15H16F3NO2. The van der Waals surface area contributed by atoms with Crippen LogP contribution in [0.25, 0.3) is 0 Å². The highest BCUT2D eigenvalue weighted by Gasteiger charge is 2.27. The average molecular weight is 299 g/mol. The third-order valence-corrected chi connectivity index (χ3v) is 2.59. The van der Waals surface area contributed by atoms with Crippen molar-refractivity contribution >= 4 is 5.91 Å².